The number of aliphatic hydroxyl groups excluding tert-OH is 2. The number of carbonyl (C=O) groups is 6. The number of aromatic carboxylic acids is 1. The van der Waals surface area contributed by atoms with Crippen molar-refractivity contribution in [1.29, 1.82) is 0 Å². The molecule has 7 atom stereocenters. The predicted octanol–water partition coefficient (Wildman–Crippen LogP) is 2.84. The number of hydrogen-bond donors (Lipinski definition) is 8. The molecule has 2 aromatic rings. The molecule has 0 saturated carbocycles. The van der Waals surface area contributed by atoms with Crippen molar-refractivity contribution in [3.8, 4) is 0 Å². The maximum Gasteiger partial charge on any atom is 0.335 e. The van der Waals surface area contributed by atoms with Crippen LogP contribution in [0.4, 0.5) is 0 Å². The van der Waals surface area contributed by atoms with Gasteiger partial charge in [-0.05, 0) is 60.3 Å². The van der Waals surface area contributed by atoms with Crippen LogP contribution in [0.2, 0.25) is 0 Å². The van der Waals surface area contributed by atoms with E-state index in [9.17, 15) is 39.0 Å². The minimum absolute atomic E-state index is 0.0588. The molecule has 0 aliphatic heterocycles. The largest absolute Gasteiger partial charge is 0.478 e. The Morgan fingerprint density at radius 3 is 1.78 bits per heavy atom. The molecular formula is C41H61N5O9. The van der Waals surface area contributed by atoms with Gasteiger partial charge in [-0.25, -0.2) is 4.79 Å². The molecule has 0 aliphatic rings. The summed E-state index contributed by atoms with van der Waals surface area (Å²) < 4.78 is 0. The van der Waals surface area contributed by atoms with Crippen LogP contribution in [0.25, 0.3) is 0 Å². The Kier molecular flexibility index (Phi) is 19.5. The van der Waals surface area contributed by atoms with E-state index in [1.165, 1.54) is 19.1 Å². The molecule has 0 heterocycles. The number of amides is 5. The summed E-state index contributed by atoms with van der Waals surface area (Å²) in [4.78, 5) is 76.1. The monoisotopic (exact) mass is 767 g/mol. The first-order valence-corrected chi connectivity index (χ1v) is 19.1. The fraction of sp³-hybridized carbons (Fsp3) is 0.561. The second kappa shape index (κ2) is 23.2. The maximum atomic E-state index is 13.5. The Balaban J connectivity index is 2.13. The lowest BCUT2D eigenvalue weighted by molar-refractivity contribution is -0.132. The summed E-state index contributed by atoms with van der Waals surface area (Å²) in [5.74, 6) is -3.73. The molecule has 1 unspecified atom stereocenters. The summed E-state index contributed by atoms with van der Waals surface area (Å²) in [6.45, 7) is 12.7. The van der Waals surface area contributed by atoms with Gasteiger partial charge in [0.15, 0.2) is 0 Å². The third-order valence-electron chi connectivity index (χ3n) is 9.38. The van der Waals surface area contributed by atoms with Gasteiger partial charge in [-0.3, -0.25) is 24.0 Å². The van der Waals surface area contributed by atoms with E-state index in [0.717, 1.165) is 12.0 Å². The zero-order valence-corrected chi connectivity index (χ0v) is 33.1. The molecule has 8 N–H and O–H groups in total. The average Bonchev–Trinajstić information content (AvgIpc) is 3.11. The molecular weight excluding hydrogens is 706 g/mol. The molecule has 5 amide bonds. The Labute approximate surface area is 324 Å². The number of carboxylic acid groups (broad SMARTS) is 1. The topological polar surface area (TPSA) is 223 Å². The van der Waals surface area contributed by atoms with Gasteiger partial charge in [0.05, 0.1) is 42.7 Å². The third-order valence-corrected chi connectivity index (χ3v) is 9.38. The molecule has 0 spiro atoms. The standard InChI is InChI=1S/C41H61N5O9/c1-8-26(6)19-31(34(48)22-37(51)46-38(25(4)5)40(53)42-23-29-14-16-30(17-15-29)41(54)55)44-36(50)21-35(49)32(20-28-12-10-9-11-13-28)45-39(52)33(18-24(2)3)43-27(7)47/h9-17,24-26,31-35,38,48-49H,8,18-23H2,1-7H3,(H,42,53)(H,43,47)(H,44,50)(H,45,52)(H,46,51)(H,54,55)/t26?,31-,32-,33-,34-,35-,38-/m0/s1. The molecule has 14 heteroatoms. The molecule has 2 rings (SSSR count). The van der Waals surface area contributed by atoms with Crippen molar-refractivity contribution in [1.82, 2.24) is 26.6 Å². The van der Waals surface area contributed by atoms with Gasteiger partial charge in [0.1, 0.15) is 12.1 Å². The zero-order chi connectivity index (χ0) is 41.2. The second-order valence-electron chi connectivity index (χ2n) is 15.2. The van der Waals surface area contributed by atoms with E-state index in [1.807, 2.05) is 58.0 Å². The van der Waals surface area contributed by atoms with Crippen LogP contribution < -0.4 is 26.6 Å². The Morgan fingerprint density at radius 2 is 1.25 bits per heavy atom. The number of benzene rings is 2. The molecule has 0 bridgehead atoms. The van der Waals surface area contributed by atoms with Gasteiger partial charge in [0.25, 0.3) is 0 Å². The number of hydrogen-bond acceptors (Lipinski definition) is 8. The van der Waals surface area contributed by atoms with Crippen molar-refractivity contribution in [2.45, 2.75) is 130 Å². The number of rotatable bonds is 23. The van der Waals surface area contributed by atoms with Crippen LogP contribution in [0, 0.1) is 17.8 Å². The lowest BCUT2D eigenvalue weighted by Crippen LogP contribution is -2.54. The van der Waals surface area contributed by atoms with Gasteiger partial charge in [0, 0.05) is 13.5 Å². The van der Waals surface area contributed by atoms with Gasteiger partial charge >= 0.3 is 5.97 Å². The molecule has 304 valence electrons. The van der Waals surface area contributed by atoms with Crippen LogP contribution in [0.15, 0.2) is 54.6 Å². The van der Waals surface area contributed by atoms with Crippen LogP contribution in [-0.2, 0) is 36.9 Å². The van der Waals surface area contributed by atoms with E-state index in [4.69, 9.17) is 5.11 Å². The van der Waals surface area contributed by atoms with E-state index < -0.39 is 78.8 Å². The van der Waals surface area contributed by atoms with E-state index in [1.54, 1.807) is 26.0 Å². The van der Waals surface area contributed by atoms with E-state index in [-0.39, 0.29) is 42.2 Å². The van der Waals surface area contributed by atoms with Crippen molar-refractivity contribution < 1.29 is 44.1 Å². The molecule has 2 aromatic carbocycles. The van der Waals surface area contributed by atoms with Gasteiger partial charge in [-0.15, -0.1) is 0 Å². The van der Waals surface area contributed by atoms with Crippen LogP contribution in [0.5, 0.6) is 0 Å². The molecule has 0 aromatic heterocycles. The van der Waals surface area contributed by atoms with Crippen LogP contribution in [0.1, 0.15) is 102 Å². The average molecular weight is 768 g/mol. The van der Waals surface area contributed by atoms with E-state index >= 15 is 0 Å². The highest BCUT2D eigenvalue weighted by molar-refractivity contribution is 5.89. The number of carbonyl (C=O) groups excluding carboxylic acids is 5. The number of carboxylic acids is 1. The van der Waals surface area contributed by atoms with Gasteiger partial charge < -0.3 is 41.9 Å². The lowest BCUT2D eigenvalue weighted by Gasteiger charge is -2.30. The summed E-state index contributed by atoms with van der Waals surface area (Å²) >= 11 is 0. The Morgan fingerprint density at radius 1 is 0.673 bits per heavy atom. The van der Waals surface area contributed by atoms with Crippen molar-refractivity contribution in [2.75, 3.05) is 0 Å². The molecule has 0 fully saturated rings. The number of aliphatic hydroxyl groups is 2. The molecule has 0 saturated heterocycles. The van der Waals surface area contributed by atoms with Gasteiger partial charge in [-0.1, -0.05) is 90.4 Å². The van der Waals surface area contributed by atoms with Gasteiger partial charge in [-0.2, -0.15) is 0 Å². The minimum atomic E-state index is -1.34. The fourth-order valence-electron chi connectivity index (χ4n) is 6.06. The Hall–Kier alpha value is -4.82. The maximum absolute atomic E-state index is 13.5. The smallest absolute Gasteiger partial charge is 0.335 e. The quantitative estimate of drug-likeness (QED) is 0.0832. The summed E-state index contributed by atoms with van der Waals surface area (Å²) in [7, 11) is 0. The van der Waals surface area contributed by atoms with Gasteiger partial charge in [0.2, 0.25) is 29.5 Å². The molecule has 55 heavy (non-hydrogen) atoms. The summed E-state index contributed by atoms with van der Waals surface area (Å²) in [6.07, 6.45) is -1.86. The van der Waals surface area contributed by atoms with Crippen molar-refractivity contribution in [3.05, 3.63) is 71.3 Å². The van der Waals surface area contributed by atoms with E-state index in [2.05, 4.69) is 26.6 Å². The second-order valence-corrected chi connectivity index (χ2v) is 15.2. The highest BCUT2D eigenvalue weighted by atomic mass is 16.4. The summed E-state index contributed by atoms with van der Waals surface area (Å²) in [6, 6.07) is 11.7. The highest BCUT2D eigenvalue weighted by Crippen LogP contribution is 2.17. The van der Waals surface area contributed by atoms with Crippen LogP contribution in [0.3, 0.4) is 0 Å². The highest BCUT2D eigenvalue weighted by Gasteiger charge is 2.32. The number of nitrogens with one attached hydrogen (secondary N) is 5. The third kappa shape index (κ3) is 17.0. The summed E-state index contributed by atoms with van der Waals surface area (Å²) in [5.41, 5.74) is 1.60. The zero-order valence-electron chi connectivity index (χ0n) is 33.1. The first-order chi connectivity index (χ1) is 25.9. The van der Waals surface area contributed by atoms with Crippen molar-refractivity contribution in [3.63, 3.8) is 0 Å². The fourth-order valence-corrected chi connectivity index (χ4v) is 6.06. The molecule has 0 aliphatic carbocycles. The van der Waals surface area contributed by atoms with Crippen LogP contribution >= 0.6 is 0 Å². The minimum Gasteiger partial charge on any atom is -0.478 e. The SMILES string of the molecule is CCC(C)C[C@H](NC(=O)C[C@H](O)[C@H](Cc1ccccc1)NC(=O)[C@H](CC(C)C)NC(C)=O)[C@@H](O)CC(=O)N[C@H](C(=O)NCc1ccc(C(=O)O)cc1)C(C)C. The first kappa shape index (κ1) is 46.3. The normalized spacial score (nSPS) is 15.1. The van der Waals surface area contributed by atoms with Crippen molar-refractivity contribution in [2.24, 2.45) is 17.8 Å². The Bertz CT molecular complexity index is 1550. The summed E-state index contributed by atoms with van der Waals surface area (Å²) in [5, 5.41) is 45.5. The lowest BCUT2D eigenvalue weighted by atomic mass is 9.93. The van der Waals surface area contributed by atoms with E-state index in [0.29, 0.717) is 18.4 Å². The molecule has 0 radical (unpaired) electrons. The first-order valence-electron chi connectivity index (χ1n) is 19.1. The predicted molar refractivity (Wildman–Crippen MR) is 208 cm³/mol. The molecule has 14 nitrogen and oxygen atoms in total. The van der Waals surface area contributed by atoms with Crippen molar-refractivity contribution >= 4 is 35.5 Å². The van der Waals surface area contributed by atoms with Crippen LogP contribution in [-0.4, -0.2) is 87.2 Å².